The number of aromatic nitrogens is 3. The number of alkyl halides is 3. The van der Waals surface area contributed by atoms with Gasteiger partial charge in [-0.05, 0) is 19.1 Å². The predicted molar refractivity (Wildman–Crippen MR) is 83.3 cm³/mol. The molecule has 0 radical (unpaired) electrons. The maximum absolute atomic E-state index is 12.5. The third kappa shape index (κ3) is 3.86. The van der Waals surface area contributed by atoms with Gasteiger partial charge in [0.2, 0.25) is 5.82 Å². The van der Waals surface area contributed by atoms with Crippen molar-refractivity contribution in [1.82, 2.24) is 20.0 Å². The van der Waals surface area contributed by atoms with E-state index in [-0.39, 0.29) is 11.9 Å². The number of ether oxygens (including phenoxy) is 1. The van der Waals surface area contributed by atoms with Crippen LogP contribution < -0.4 is 4.90 Å². The first kappa shape index (κ1) is 18.0. The zero-order chi connectivity index (χ0) is 18.7. The number of anilines is 1. The van der Waals surface area contributed by atoms with E-state index in [0.717, 1.165) is 0 Å². The molecule has 11 heteroatoms. The number of nitrogens with zero attached hydrogens (tertiary/aromatic N) is 5. The normalized spacial score (nSPS) is 15.2. The highest BCUT2D eigenvalue weighted by Crippen LogP contribution is 2.29. The Morgan fingerprint density at radius 3 is 2.54 bits per heavy atom. The van der Waals surface area contributed by atoms with E-state index in [1.54, 1.807) is 24.0 Å². The minimum atomic E-state index is -4.68. The number of carbonyl (C=O) groups excluding carboxylic acids is 1. The zero-order valence-electron chi connectivity index (χ0n) is 13.9. The first-order chi connectivity index (χ1) is 12.4. The molecule has 2 aromatic rings. The quantitative estimate of drug-likeness (QED) is 0.819. The van der Waals surface area contributed by atoms with Crippen LogP contribution in [0.5, 0.6) is 0 Å². The lowest BCUT2D eigenvalue weighted by atomic mass is 10.2. The molecule has 1 fully saturated rings. The van der Waals surface area contributed by atoms with Crippen LogP contribution in [-0.2, 0) is 10.9 Å². The second-order valence-electron chi connectivity index (χ2n) is 5.50. The molecule has 8 nitrogen and oxygen atoms in total. The van der Waals surface area contributed by atoms with Crippen LogP contribution in [-0.4, -0.2) is 58.9 Å². The minimum Gasteiger partial charge on any atom is -0.450 e. The Labute approximate surface area is 146 Å². The van der Waals surface area contributed by atoms with E-state index < -0.39 is 12.1 Å². The highest BCUT2D eigenvalue weighted by molar-refractivity contribution is 5.68. The molecule has 26 heavy (non-hydrogen) atoms. The zero-order valence-corrected chi connectivity index (χ0v) is 13.9. The van der Waals surface area contributed by atoms with Gasteiger partial charge in [0.15, 0.2) is 0 Å². The van der Waals surface area contributed by atoms with Crippen molar-refractivity contribution in [3.05, 3.63) is 24.2 Å². The fourth-order valence-corrected chi connectivity index (χ4v) is 2.49. The van der Waals surface area contributed by atoms with Gasteiger partial charge in [-0.1, -0.05) is 5.16 Å². The molecule has 1 saturated heterocycles. The third-order valence-corrected chi connectivity index (χ3v) is 3.80. The molecule has 2 aromatic heterocycles. The van der Waals surface area contributed by atoms with Gasteiger partial charge in [-0.3, -0.25) is 0 Å². The Bertz CT molecular complexity index is 755. The van der Waals surface area contributed by atoms with Gasteiger partial charge in [0.25, 0.3) is 0 Å². The highest BCUT2D eigenvalue weighted by Gasteiger charge is 2.38. The van der Waals surface area contributed by atoms with Crippen LogP contribution in [0.4, 0.5) is 23.8 Å². The summed E-state index contributed by atoms with van der Waals surface area (Å²) in [6, 6.07) is 3.24. The summed E-state index contributed by atoms with van der Waals surface area (Å²) in [4.78, 5) is 22.8. The molecule has 0 bridgehead atoms. The molecule has 0 spiro atoms. The average Bonchev–Trinajstić information content (AvgIpc) is 3.13. The van der Waals surface area contributed by atoms with Crippen molar-refractivity contribution >= 4 is 11.9 Å². The van der Waals surface area contributed by atoms with E-state index in [1.165, 1.54) is 6.20 Å². The lowest BCUT2D eigenvalue weighted by Crippen LogP contribution is -2.49. The number of piperazine rings is 1. The summed E-state index contributed by atoms with van der Waals surface area (Å²) in [5, 5.41) is 3.32. The number of carbonyl (C=O) groups is 1. The molecule has 0 atom stereocenters. The van der Waals surface area contributed by atoms with E-state index in [4.69, 9.17) is 4.74 Å². The summed E-state index contributed by atoms with van der Waals surface area (Å²) in [7, 11) is 0. The number of pyridine rings is 1. The van der Waals surface area contributed by atoms with Crippen molar-refractivity contribution < 1.29 is 27.2 Å². The van der Waals surface area contributed by atoms with E-state index in [1.807, 2.05) is 4.90 Å². The number of hydrogen-bond acceptors (Lipinski definition) is 7. The largest absolute Gasteiger partial charge is 0.471 e. The average molecular weight is 371 g/mol. The second kappa shape index (κ2) is 7.18. The van der Waals surface area contributed by atoms with E-state index in [9.17, 15) is 18.0 Å². The number of rotatable bonds is 3. The first-order valence-corrected chi connectivity index (χ1v) is 7.92. The van der Waals surface area contributed by atoms with Crippen LogP contribution in [0.3, 0.4) is 0 Å². The summed E-state index contributed by atoms with van der Waals surface area (Å²) in [6.07, 6.45) is -3.64. The maximum atomic E-state index is 12.5. The van der Waals surface area contributed by atoms with Crippen molar-refractivity contribution in [3.8, 4) is 11.4 Å². The SMILES string of the molecule is CCOC(=O)N1CCN(c2ccc(-c3noc(C(F)(F)F)n3)cn2)CC1. The molecule has 3 rings (SSSR count). The van der Waals surface area contributed by atoms with Gasteiger partial charge < -0.3 is 19.1 Å². The smallest absolute Gasteiger partial charge is 0.450 e. The maximum Gasteiger partial charge on any atom is 0.471 e. The second-order valence-corrected chi connectivity index (χ2v) is 5.50. The van der Waals surface area contributed by atoms with Crippen molar-refractivity contribution in [3.63, 3.8) is 0 Å². The fourth-order valence-electron chi connectivity index (χ4n) is 2.49. The highest BCUT2D eigenvalue weighted by atomic mass is 19.4. The summed E-state index contributed by atoms with van der Waals surface area (Å²) >= 11 is 0. The summed E-state index contributed by atoms with van der Waals surface area (Å²) in [5.41, 5.74) is 0.318. The fraction of sp³-hybridized carbons (Fsp3) is 0.467. The standard InChI is InChI=1S/C15H16F3N5O3/c1-2-25-14(24)23-7-5-22(6-8-23)11-4-3-10(9-19-11)12-20-13(26-21-12)15(16,17)18/h3-4,9H,2,5-8H2,1H3. The molecule has 0 aliphatic carbocycles. The molecule has 1 aliphatic rings. The monoisotopic (exact) mass is 371 g/mol. The topological polar surface area (TPSA) is 84.6 Å². The van der Waals surface area contributed by atoms with E-state index >= 15 is 0 Å². The van der Waals surface area contributed by atoms with Gasteiger partial charge in [-0.2, -0.15) is 18.2 Å². The van der Waals surface area contributed by atoms with Gasteiger partial charge in [-0.15, -0.1) is 0 Å². The molecule has 1 amide bonds. The van der Waals surface area contributed by atoms with Crippen LogP contribution in [0, 0.1) is 0 Å². The number of amides is 1. The molecule has 0 saturated carbocycles. The lowest BCUT2D eigenvalue weighted by molar-refractivity contribution is -0.159. The molecular formula is C15H16F3N5O3. The number of hydrogen-bond donors (Lipinski definition) is 0. The third-order valence-electron chi connectivity index (χ3n) is 3.80. The summed E-state index contributed by atoms with van der Waals surface area (Å²) < 4.78 is 46.7. The molecule has 0 N–H and O–H groups in total. The van der Waals surface area contributed by atoms with Crippen LogP contribution in [0.15, 0.2) is 22.9 Å². The Hall–Kier alpha value is -2.85. The van der Waals surface area contributed by atoms with Crippen molar-refractivity contribution in [1.29, 1.82) is 0 Å². The Balaban J connectivity index is 1.64. The molecule has 0 aromatic carbocycles. The summed E-state index contributed by atoms with van der Waals surface area (Å²) in [6.45, 7) is 4.23. The van der Waals surface area contributed by atoms with Crippen LogP contribution in [0.1, 0.15) is 12.8 Å². The van der Waals surface area contributed by atoms with Crippen molar-refractivity contribution in [2.75, 3.05) is 37.7 Å². The van der Waals surface area contributed by atoms with E-state index in [0.29, 0.717) is 44.2 Å². The Kier molecular flexibility index (Phi) is 4.96. The molecule has 1 aliphatic heterocycles. The van der Waals surface area contributed by atoms with Crippen LogP contribution in [0.25, 0.3) is 11.4 Å². The number of halogens is 3. The van der Waals surface area contributed by atoms with E-state index in [2.05, 4.69) is 19.6 Å². The Morgan fingerprint density at radius 1 is 1.27 bits per heavy atom. The van der Waals surface area contributed by atoms with Gasteiger partial charge in [0.05, 0.1) is 6.61 Å². The van der Waals surface area contributed by atoms with Gasteiger partial charge in [0, 0.05) is 37.9 Å². The lowest BCUT2D eigenvalue weighted by Gasteiger charge is -2.34. The molecule has 3 heterocycles. The van der Waals surface area contributed by atoms with Gasteiger partial charge >= 0.3 is 18.2 Å². The van der Waals surface area contributed by atoms with Crippen molar-refractivity contribution in [2.24, 2.45) is 0 Å². The molecule has 140 valence electrons. The van der Waals surface area contributed by atoms with Crippen LogP contribution >= 0.6 is 0 Å². The minimum absolute atomic E-state index is 0.177. The molecule has 0 unspecified atom stereocenters. The van der Waals surface area contributed by atoms with Crippen LogP contribution in [0.2, 0.25) is 0 Å². The first-order valence-electron chi connectivity index (χ1n) is 7.92. The predicted octanol–water partition coefficient (Wildman–Crippen LogP) is 2.43. The van der Waals surface area contributed by atoms with Gasteiger partial charge in [-0.25, -0.2) is 9.78 Å². The van der Waals surface area contributed by atoms with Gasteiger partial charge in [0.1, 0.15) is 5.82 Å². The Morgan fingerprint density at radius 2 is 2.00 bits per heavy atom. The summed E-state index contributed by atoms with van der Waals surface area (Å²) in [5.74, 6) is -0.924. The van der Waals surface area contributed by atoms with Crippen molar-refractivity contribution in [2.45, 2.75) is 13.1 Å². The molecular weight excluding hydrogens is 355 g/mol.